The summed E-state index contributed by atoms with van der Waals surface area (Å²) in [6.07, 6.45) is 3.70. The van der Waals surface area contributed by atoms with Gasteiger partial charge in [0.25, 0.3) is 0 Å². The van der Waals surface area contributed by atoms with Crippen LogP contribution in [-0.4, -0.2) is 23.1 Å². The Hall–Kier alpha value is -2.10. The van der Waals surface area contributed by atoms with Gasteiger partial charge in [0, 0.05) is 18.8 Å². The minimum Gasteiger partial charge on any atom is -0.478 e. The molecule has 100 valence electrons. The van der Waals surface area contributed by atoms with E-state index in [4.69, 9.17) is 4.74 Å². The third-order valence-corrected chi connectivity index (χ3v) is 2.67. The first-order valence-electron chi connectivity index (χ1n) is 6.62. The summed E-state index contributed by atoms with van der Waals surface area (Å²) in [6.45, 7) is 3.48. The molecule has 0 spiro atoms. The zero-order chi connectivity index (χ0) is 13.3. The molecule has 1 aromatic heterocycles. The van der Waals surface area contributed by atoms with Crippen molar-refractivity contribution in [1.82, 2.24) is 9.97 Å². The Bertz CT molecular complexity index is 488. The second-order valence-corrected chi connectivity index (χ2v) is 4.19. The highest BCUT2D eigenvalue weighted by atomic mass is 16.5. The van der Waals surface area contributed by atoms with E-state index in [1.54, 1.807) is 12.3 Å². The van der Waals surface area contributed by atoms with E-state index in [0.717, 1.165) is 19.4 Å². The molecular weight excluding hydrogens is 238 g/mol. The van der Waals surface area contributed by atoms with Gasteiger partial charge in [0.05, 0.1) is 6.61 Å². The van der Waals surface area contributed by atoms with E-state index in [1.807, 2.05) is 13.0 Å². The standard InChI is InChI=1S/C15H19N3O/c1-2-16-15-17-11-10-14(18-15)19-12-6-9-13-7-4-3-5-8-13/h3-5,7-8,10-11H,2,6,9,12H2,1H3,(H,16,17,18). The third-order valence-electron chi connectivity index (χ3n) is 2.67. The molecule has 0 saturated carbocycles. The van der Waals surface area contributed by atoms with Crippen LogP contribution in [0.1, 0.15) is 18.9 Å². The number of aromatic nitrogens is 2. The van der Waals surface area contributed by atoms with Gasteiger partial charge >= 0.3 is 0 Å². The van der Waals surface area contributed by atoms with E-state index in [-0.39, 0.29) is 0 Å². The Morgan fingerprint density at radius 3 is 2.79 bits per heavy atom. The van der Waals surface area contributed by atoms with Crippen molar-refractivity contribution < 1.29 is 4.74 Å². The molecule has 1 heterocycles. The van der Waals surface area contributed by atoms with Crippen molar-refractivity contribution in [3.05, 3.63) is 48.2 Å². The fourth-order valence-electron chi connectivity index (χ4n) is 1.76. The average molecular weight is 257 g/mol. The van der Waals surface area contributed by atoms with Crippen LogP contribution in [-0.2, 0) is 6.42 Å². The lowest BCUT2D eigenvalue weighted by Crippen LogP contribution is -2.05. The molecule has 2 aromatic rings. The SMILES string of the molecule is CCNc1nccc(OCCCc2ccccc2)n1. The Balaban J connectivity index is 1.75. The maximum Gasteiger partial charge on any atom is 0.225 e. The van der Waals surface area contributed by atoms with Crippen LogP contribution in [0.25, 0.3) is 0 Å². The van der Waals surface area contributed by atoms with Crippen molar-refractivity contribution in [1.29, 1.82) is 0 Å². The quantitative estimate of drug-likeness (QED) is 0.775. The molecule has 0 aliphatic carbocycles. The minimum atomic E-state index is 0.614. The molecule has 19 heavy (non-hydrogen) atoms. The number of hydrogen-bond acceptors (Lipinski definition) is 4. The number of nitrogens with zero attached hydrogens (tertiary/aromatic N) is 2. The summed E-state index contributed by atoms with van der Waals surface area (Å²) >= 11 is 0. The normalized spacial score (nSPS) is 10.2. The average Bonchev–Trinajstić information content (AvgIpc) is 2.46. The van der Waals surface area contributed by atoms with Crippen LogP contribution in [0.2, 0.25) is 0 Å². The van der Waals surface area contributed by atoms with Gasteiger partial charge in [-0.05, 0) is 25.3 Å². The highest BCUT2D eigenvalue weighted by molar-refractivity contribution is 5.26. The summed E-state index contributed by atoms with van der Waals surface area (Å²) < 4.78 is 5.62. The number of ether oxygens (including phenoxy) is 1. The van der Waals surface area contributed by atoms with Crippen LogP contribution in [0.5, 0.6) is 5.88 Å². The van der Waals surface area contributed by atoms with E-state index in [9.17, 15) is 0 Å². The summed E-state index contributed by atoms with van der Waals surface area (Å²) in [6, 6.07) is 12.2. The van der Waals surface area contributed by atoms with Gasteiger partial charge in [-0.15, -0.1) is 0 Å². The van der Waals surface area contributed by atoms with Crippen LogP contribution in [0.15, 0.2) is 42.6 Å². The first kappa shape index (κ1) is 13.3. The monoisotopic (exact) mass is 257 g/mol. The predicted molar refractivity (Wildman–Crippen MR) is 76.5 cm³/mol. The van der Waals surface area contributed by atoms with Crippen LogP contribution < -0.4 is 10.1 Å². The highest BCUT2D eigenvalue weighted by Gasteiger charge is 1.99. The van der Waals surface area contributed by atoms with Crippen LogP contribution >= 0.6 is 0 Å². The van der Waals surface area contributed by atoms with E-state index in [1.165, 1.54) is 5.56 Å². The highest BCUT2D eigenvalue weighted by Crippen LogP contribution is 2.09. The summed E-state index contributed by atoms with van der Waals surface area (Å²) in [5.74, 6) is 1.24. The fraction of sp³-hybridized carbons (Fsp3) is 0.333. The Labute approximate surface area is 113 Å². The number of anilines is 1. The lowest BCUT2D eigenvalue weighted by atomic mass is 10.1. The lowest BCUT2D eigenvalue weighted by Gasteiger charge is -2.07. The van der Waals surface area contributed by atoms with Crippen molar-refractivity contribution in [2.75, 3.05) is 18.5 Å². The molecule has 0 amide bonds. The van der Waals surface area contributed by atoms with E-state index < -0.39 is 0 Å². The molecule has 4 heteroatoms. The largest absolute Gasteiger partial charge is 0.478 e. The molecule has 0 atom stereocenters. The lowest BCUT2D eigenvalue weighted by molar-refractivity contribution is 0.299. The Kier molecular flexibility index (Phi) is 5.17. The number of benzene rings is 1. The number of nitrogens with one attached hydrogen (secondary N) is 1. The molecular formula is C15H19N3O. The Morgan fingerprint density at radius 2 is 2.00 bits per heavy atom. The van der Waals surface area contributed by atoms with Crippen molar-refractivity contribution in [2.45, 2.75) is 19.8 Å². The Morgan fingerprint density at radius 1 is 1.16 bits per heavy atom. The maximum atomic E-state index is 5.62. The van der Waals surface area contributed by atoms with Gasteiger partial charge in [0.15, 0.2) is 0 Å². The third kappa shape index (κ3) is 4.58. The van der Waals surface area contributed by atoms with Crippen LogP contribution in [0.4, 0.5) is 5.95 Å². The van der Waals surface area contributed by atoms with E-state index >= 15 is 0 Å². The topological polar surface area (TPSA) is 47.0 Å². The fourth-order valence-corrected chi connectivity index (χ4v) is 1.76. The maximum absolute atomic E-state index is 5.62. The van der Waals surface area contributed by atoms with Crippen molar-refractivity contribution in [2.24, 2.45) is 0 Å². The molecule has 0 saturated heterocycles. The molecule has 0 aliphatic rings. The van der Waals surface area contributed by atoms with Gasteiger partial charge in [0.2, 0.25) is 11.8 Å². The van der Waals surface area contributed by atoms with Gasteiger partial charge in [-0.3, -0.25) is 0 Å². The molecule has 0 radical (unpaired) electrons. The molecule has 1 N–H and O–H groups in total. The molecule has 0 fully saturated rings. The zero-order valence-electron chi connectivity index (χ0n) is 11.2. The second-order valence-electron chi connectivity index (χ2n) is 4.19. The van der Waals surface area contributed by atoms with Crippen molar-refractivity contribution in [3.63, 3.8) is 0 Å². The number of hydrogen-bond donors (Lipinski definition) is 1. The number of aryl methyl sites for hydroxylation is 1. The van der Waals surface area contributed by atoms with Gasteiger partial charge in [-0.2, -0.15) is 4.98 Å². The zero-order valence-corrected chi connectivity index (χ0v) is 11.2. The molecule has 0 bridgehead atoms. The molecule has 1 aromatic carbocycles. The predicted octanol–water partition coefficient (Wildman–Crippen LogP) is 2.92. The molecule has 0 aliphatic heterocycles. The van der Waals surface area contributed by atoms with Gasteiger partial charge in [-0.1, -0.05) is 30.3 Å². The molecule has 2 rings (SSSR count). The smallest absolute Gasteiger partial charge is 0.225 e. The van der Waals surface area contributed by atoms with Gasteiger partial charge in [-0.25, -0.2) is 4.98 Å². The second kappa shape index (κ2) is 7.36. The van der Waals surface area contributed by atoms with Crippen molar-refractivity contribution >= 4 is 5.95 Å². The number of rotatable bonds is 7. The molecule has 0 unspecified atom stereocenters. The van der Waals surface area contributed by atoms with E-state index in [2.05, 4.69) is 39.6 Å². The van der Waals surface area contributed by atoms with Crippen molar-refractivity contribution in [3.8, 4) is 5.88 Å². The summed E-state index contributed by atoms with van der Waals surface area (Å²) in [4.78, 5) is 8.37. The van der Waals surface area contributed by atoms with E-state index in [0.29, 0.717) is 18.4 Å². The first-order valence-corrected chi connectivity index (χ1v) is 6.62. The molecule has 4 nitrogen and oxygen atoms in total. The summed E-state index contributed by atoms with van der Waals surface area (Å²) in [5.41, 5.74) is 1.34. The van der Waals surface area contributed by atoms with Crippen LogP contribution in [0.3, 0.4) is 0 Å². The minimum absolute atomic E-state index is 0.614. The summed E-state index contributed by atoms with van der Waals surface area (Å²) in [5, 5.41) is 3.06. The van der Waals surface area contributed by atoms with Crippen LogP contribution in [0, 0.1) is 0 Å². The summed E-state index contributed by atoms with van der Waals surface area (Å²) in [7, 11) is 0. The first-order chi connectivity index (χ1) is 9.38. The van der Waals surface area contributed by atoms with Gasteiger partial charge in [0.1, 0.15) is 0 Å². The van der Waals surface area contributed by atoms with Gasteiger partial charge < -0.3 is 10.1 Å².